The third-order valence-electron chi connectivity index (χ3n) is 4.53. The van der Waals surface area contributed by atoms with Crippen LogP contribution in [0.25, 0.3) is 0 Å². The van der Waals surface area contributed by atoms with E-state index >= 15 is 0 Å². The third kappa shape index (κ3) is 3.34. The Hall–Kier alpha value is -0.930. The van der Waals surface area contributed by atoms with E-state index in [2.05, 4.69) is 16.4 Å². The second-order valence-electron chi connectivity index (χ2n) is 6.01. The Morgan fingerprint density at radius 2 is 2.16 bits per heavy atom. The summed E-state index contributed by atoms with van der Waals surface area (Å²) in [6, 6.07) is 4.10. The summed E-state index contributed by atoms with van der Waals surface area (Å²) in [6.07, 6.45) is 13.3. The van der Waals surface area contributed by atoms with Crippen LogP contribution in [0.3, 0.4) is 0 Å². The zero-order chi connectivity index (χ0) is 13.0. The van der Waals surface area contributed by atoms with Gasteiger partial charge in [-0.3, -0.25) is 4.98 Å². The molecule has 0 amide bonds. The lowest BCUT2D eigenvalue weighted by molar-refractivity contribution is -0.0624. The van der Waals surface area contributed by atoms with Crippen LogP contribution >= 0.6 is 0 Å². The first-order chi connectivity index (χ1) is 9.36. The molecule has 1 unspecified atom stereocenters. The van der Waals surface area contributed by atoms with Gasteiger partial charge in [0.05, 0.1) is 11.7 Å². The fourth-order valence-corrected chi connectivity index (χ4v) is 3.48. The second kappa shape index (κ2) is 6.02. The summed E-state index contributed by atoms with van der Waals surface area (Å²) in [5.41, 5.74) is 1.49. The van der Waals surface area contributed by atoms with Crippen LogP contribution in [-0.2, 0) is 11.3 Å². The van der Waals surface area contributed by atoms with Crippen LogP contribution in [0.5, 0.6) is 0 Å². The highest BCUT2D eigenvalue weighted by Crippen LogP contribution is 2.41. The molecule has 3 rings (SSSR count). The summed E-state index contributed by atoms with van der Waals surface area (Å²) < 4.78 is 6.35. The first-order valence-corrected chi connectivity index (χ1v) is 7.64. The summed E-state index contributed by atoms with van der Waals surface area (Å²) in [7, 11) is 0. The first-order valence-electron chi connectivity index (χ1n) is 7.64. The lowest BCUT2D eigenvalue weighted by atomic mass is 9.83. The van der Waals surface area contributed by atoms with Crippen molar-refractivity contribution in [2.45, 2.75) is 63.2 Å². The molecule has 1 saturated carbocycles. The molecule has 2 heterocycles. The summed E-state index contributed by atoms with van der Waals surface area (Å²) >= 11 is 0. The molecule has 3 nitrogen and oxygen atoms in total. The largest absolute Gasteiger partial charge is 0.370 e. The molecule has 1 aromatic rings. The molecule has 1 aliphatic heterocycles. The molecule has 1 atom stereocenters. The van der Waals surface area contributed by atoms with E-state index in [1.54, 1.807) is 0 Å². The van der Waals surface area contributed by atoms with Gasteiger partial charge in [0.2, 0.25) is 0 Å². The molecule has 0 bridgehead atoms. The molecular formula is C16H24N2O. The number of ether oxygens (including phenoxy) is 1. The maximum Gasteiger partial charge on any atom is 0.0708 e. The van der Waals surface area contributed by atoms with Gasteiger partial charge in [-0.25, -0.2) is 0 Å². The van der Waals surface area contributed by atoms with Gasteiger partial charge >= 0.3 is 0 Å². The van der Waals surface area contributed by atoms with Crippen molar-refractivity contribution in [3.05, 3.63) is 30.1 Å². The van der Waals surface area contributed by atoms with Crippen molar-refractivity contribution < 1.29 is 4.74 Å². The van der Waals surface area contributed by atoms with Crippen LogP contribution in [0.1, 0.15) is 50.5 Å². The van der Waals surface area contributed by atoms with Crippen LogP contribution in [-0.4, -0.2) is 23.2 Å². The maximum absolute atomic E-state index is 6.35. The zero-order valence-corrected chi connectivity index (χ0v) is 11.6. The van der Waals surface area contributed by atoms with Gasteiger partial charge in [-0.15, -0.1) is 0 Å². The molecule has 1 spiro atoms. The fourth-order valence-electron chi connectivity index (χ4n) is 3.48. The van der Waals surface area contributed by atoms with Gasteiger partial charge in [0.15, 0.2) is 0 Å². The third-order valence-corrected chi connectivity index (χ3v) is 4.53. The van der Waals surface area contributed by atoms with Crippen LogP contribution in [0.15, 0.2) is 24.5 Å². The summed E-state index contributed by atoms with van der Waals surface area (Å²) in [6.45, 7) is 1.86. The van der Waals surface area contributed by atoms with Crippen molar-refractivity contribution in [1.29, 1.82) is 0 Å². The summed E-state index contributed by atoms with van der Waals surface area (Å²) in [5, 5.41) is 3.50. The molecule has 1 aliphatic carbocycles. The standard InChI is InChI=1S/C16H24N2O/c1-2-7-16(8-3-1)9-6-15(19-16)13-18-12-14-5-4-10-17-11-14/h4-5,10-11,15,18H,1-3,6-9,12-13H2. The number of rotatable bonds is 4. The minimum absolute atomic E-state index is 0.249. The summed E-state index contributed by atoms with van der Waals surface area (Å²) in [4.78, 5) is 4.13. The molecule has 2 aliphatic rings. The van der Waals surface area contributed by atoms with E-state index in [1.807, 2.05) is 18.5 Å². The Bertz CT molecular complexity index is 387. The van der Waals surface area contributed by atoms with Gasteiger partial charge in [-0.05, 0) is 37.3 Å². The van der Waals surface area contributed by atoms with Crippen molar-refractivity contribution >= 4 is 0 Å². The van der Waals surface area contributed by atoms with Gasteiger partial charge in [0.25, 0.3) is 0 Å². The SMILES string of the molecule is c1cncc(CNCC2CCC3(CCCCC3)O2)c1. The molecule has 1 aromatic heterocycles. The normalized spacial score (nSPS) is 25.8. The predicted octanol–water partition coefficient (Wildman–Crippen LogP) is 3.05. The van der Waals surface area contributed by atoms with E-state index in [-0.39, 0.29) is 5.60 Å². The van der Waals surface area contributed by atoms with Gasteiger partial charge in [0.1, 0.15) is 0 Å². The highest BCUT2D eigenvalue weighted by Gasteiger charge is 2.40. The van der Waals surface area contributed by atoms with E-state index in [0.29, 0.717) is 6.10 Å². The second-order valence-corrected chi connectivity index (χ2v) is 6.01. The number of aromatic nitrogens is 1. The van der Waals surface area contributed by atoms with E-state index in [4.69, 9.17) is 4.74 Å². The number of hydrogen-bond acceptors (Lipinski definition) is 3. The molecule has 104 valence electrons. The molecular weight excluding hydrogens is 236 g/mol. The highest BCUT2D eigenvalue weighted by molar-refractivity contribution is 5.07. The zero-order valence-electron chi connectivity index (χ0n) is 11.6. The fraction of sp³-hybridized carbons (Fsp3) is 0.688. The quantitative estimate of drug-likeness (QED) is 0.903. The van der Waals surface area contributed by atoms with Crippen LogP contribution in [0, 0.1) is 0 Å². The lowest BCUT2D eigenvalue weighted by Crippen LogP contribution is -2.34. The molecule has 3 heteroatoms. The van der Waals surface area contributed by atoms with E-state index in [1.165, 1.54) is 50.5 Å². The van der Waals surface area contributed by atoms with Gasteiger partial charge in [0, 0.05) is 25.5 Å². The highest BCUT2D eigenvalue weighted by atomic mass is 16.5. The topological polar surface area (TPSA) is 34.2 Å². The van der Waals surface area contributed by atoms with Crippen LogP contribution < -0.4 is 5.32 Å². The van der Waals surface area contributed by atoms with Gasteiger partial charge in [-0.1, -0.05) is 25.3 Å². The number of pyridine rings is 1. The first kappa shape index (κ1) is 13.1. The molecule has 0 aromatic carbocycles. The molecule has 1 saturated heterocycles. The Morgan fingerprint density at radius 3 is 2.95 bits per heavy atom. The van der Waals surface area contributed by atoms with E-state index in [0.717, 1.165) is 13.1 Å². The van der Waals surface area contributed by atoms with Crippen LogP contribution in [0.2, 0.25) is 0 Å². The van der Waals surface area contributed by atoms with Gasteiger partial charge in [-0.2, -0.15) is 0 Å². The molecule has 2 fully saturated rings. The average molecular weight is 260 g/mol. The van der Waals surface area contributed by atoms with E-state index < -0.39 is 0 Å². The van der Waals surface area contributed by atoms with Crippen molar-refractivity contribution in [3.8, 4) is 0 Å². The Labute approximate surface area is 115 Å². The Morgan fingerprint density at radius 1 is 1.26 bits per heavy atom. The number of hydrogen-bond donors (Lipinski definition) is 1. The maximum atomic E-state index is 6.35. The Balaban J connectivity index is 1.42. The van der Waals surface area contributed by atoms with Gasteiger partial charge < -0.3 is 10.1 Å². The molecule has 0 radical (unpaired) electrons. The monoisotopic (exact) mass is 260 g/mol. The molecule has 1 N–H and O–H groups in total. The predicted molar refractivity (Wildman–Crippen MR) is 75.9 cm³/mol. The summed E-state index contributed by atoms with van der Waals surface area (Å²) in [5.74, 6) is 0. The average Bonchev–Trinajstić information content (AvgIpc) is 2.84. The van der Waals surface area contributed by atoms with Crippen molar-refractivity contribution in [2.24, 2.45) is 0 Å². The van der Waals surface area contributed by atoms with Crippen molar-refractivity contribution in [2.75, 3.05) is 6.54 Å². The van der Waals surface area contributed by atoms with E-state index in [9.17, 15) is 0 Å². The Kier molecular flexibility index (Phi) is 4.14. The van der Waals surface area contributed by atoms with Crippen molar-refractivity contribution in [1.82, 2.24) is 10.3 Å². The number of nitrogens with one attached hydrogen (secondary N) is 1. The molecule has 19 heavy (non-hydrogen) atoms. The number of nitrogens with zero attached hydrogens (tertiary/aromatic N) is 1. The minimum atomic E-state index is 0.249. The van der Waals surface area contributed by atoms with Crippen LogP contribution in [0.4, 0.5) is 0 Å². The lowest BCUT2D eigenvalue weighted by Gasteiger charge is -2.33. The minimum Gasteiger partial charge on any atom is -0.370 e. The van der Waals surface area contributed by atoms with Crippen molar-refractivity contribution in [3.63, 3.8) is 0 Å². The smallest absolute Gasteiger partial charge is 0.0708 e.